The van der Waals surface area contributed by atoms with E-state index in [2.05, 4.69) is 16.4 Å². The van der Waals surface area contributed by atoms with Crippen molar-refractivity contribution in [2.75, 3.05) is 19.9 Å². The second-order valence-corrected chi connectivity index (χ2v) is 8.11. The molecule has 3 aliphatic rings. The molecule has 29 heavy (non-hydrogen) atoms. The van der Waals surface area contributed by atoms with Gasteiger partial charge in [-0.05, 0) is 48.7 Å². The molecule has 148 valence electrons. The number of imidazole rings is 1. The first-order valence-corrected chi connectivity index (χ1v) is 10.1. The van der Waals surface area contributed by atoms with E-state index in [0.29, 0.717) is 29.8 Å². The Morgan fingerprint density at radius 1 is 1.14 bits per heavy atom. The minimum Gasteiger partial charge on any atom is -0.454 e. The van der Waals surface area contributed by atoms with Gasteiger partial charge in [0.15, 0.2) is 11.5 Å². The van der Waals surface area contributed by atoms with Crippen LogP contribution < -0.4 is 20.3 Å². The predicted octanol–water partition coefficient (Wildman–Crippen LogP) is 2.20. The normalized spacial score (nSPS) is 21.8. The molecule has 1 N–H and O–H groups in total. The van der Waals surface area contributed by atoms with Gasteiger partial charge in [0, 0.05) is 43.6 Å². The number of ether oxygens (including phenoxy) is 2. The summed E-state index contributed by atoms with van der Waals surface area (Å²) in [7, 11) is 0. The molecule has 0 amide bonds. The summed E-state index contributed by atoms with van der Waals surface area (Å²) in [5, 5.41) is 3.49. The lowest BCUT2D eigenvalue weighted by Crippen LogP contribution is -2.45. The number of pyridine rings is 1. The molecule has 1 fully saturated rings. The van der Waals surface area contributed by atoms with Gasteiger partial charge >= 0.3 is 0 Å². The van der Waals surface area contributed by atoms with Crippen molar-refractivity contribution in [3.63, 3.8) is 0 Å². The number of piperidine rings is 1. The molecule has 2 bridgehead atoms. The van der Waals surface area contributed by atoms with E-state index in [1.165, 1.54) is 6.42 Å². The summed E-state index contributed by atoms with van der Waals surface area (Å²) in [4.78, 5) is 17.9. The summed E-state index contributed by atoms with van der Waals surface area (Å²) in [5.41, 5.74) is 2.95. The number of rotatable bonds is 3. The van der Waals surface area contributed by atoms with Crippen LogP contribution in [0, 0.1) is 5.92 Å². The van der Waals surface area contributed by atoms with Crippen molar-refractivity contribution < 1.29 is 9.47 Å². The molecule has 0 radical (unpaired) electrons. The van der Waals surface area contributed by atoms with Gasteiger partial charge in [0.2, 0.25) is 6.79 Å². The van der Waals surface area contributed by atoms with Gasteiger partial charge < -0.3 is 23.9 Å². The zero-order chi connectivity index (χ0) is 19.4. The monoisotopic (exact) mass is 390 g/mol. The molecule has 1 saturated heterocycles. The third-order valence-corrected chi connectivity index (χ3v) is 6.25. The quantitative estimate of drug-likeness (QED) is 0.743. The van der Waals surface area contributed by atoms with Crippen LogP contribution in [0.2, 0.25) is 0 Å². The predicted molar refractivity (Wildman–Crippen MR) is 107 cm³/mol. The van der Waals surface area contributed by atoms with Crippen LogP contribution in [-0.2, 0) is 13.1 Å². The van der Waals surface area contributed by atoms with E-state index in [1.54, 1.807) is 6.20 Å². The second kappa shape index (κ2) is 6.49. The topological polar surface area (TPSA) is 70.3 Å². The first-order valence-electron chi connectivity index (χ1n) is 10.1. The number of fused-ring (bicyclic) bond motifs is 5. The highest BCUT2D eigenvalue weighted by atomic mass is 16.7. The number of nitrogens with zero attached hydrogens (tertiary/aromatic N) is 3. The van der Waals surface area contributed by atoms with E-state index in [4.69, 9.17) is 9.47 Å². The summed E-state index contributed by atoms with van der Waals surface area (Å²) >= 11 is 0. The molecule has 0 aliphatic carbocycles. The summed E-state index contributed by atoms with van der Waals surface area (Å²) in [5.74, 6) is 3.20. The SMILES string of the molecule is O=c1c(-c2nccn2Cc2ccc3c(c2)OCO3)ccc2n1C[C@@H]1CNC[C@H]2C1. The fourth-order valence-electron chi connectivity index (χ4n) is 4.88. The van der Waals surface area contributed by atoms with Gasteiger partial charge in [0.05, 0.1) is 5.56 Å². The summed E-state index contributed by atoms with van der Waals surface area (Å²) in [6.45, 7) is 3.61. The Hall–Kier alpha value is -3.06. The van der Waals surface area contributed by atoms with Crippen molar-refractivity contribution in [1.82, 2.24) is 19.4 Å². The fraction of sp³-hybridized carbons (Fsp3) is 0.364. The van der Waals surface area contributed by atoms with Crippen LogP contribution >= 0.6 is 0 Å². The van der Waals surface area contributed by atoms with E-state index in [0.717, 1.165) is 42.4 Å². The molecule has 5 heterocycles. The third kappa shape index (κ3) is 2.76. The van der Waals surface area contributed by atoms with Gasteiger partial charge in [-0.25, -0.2) is 4.98 Å². The fourth-order valence-corrected chi connectivity index (χ4v) is 4.88. The van der Waals surface area contributed by atoms with E-state index in [-0.39, 0.29) is 12.4 Å². The Kier molecular flexibility index (Phi) is 3.77. The number of hydrogen-bond donors (Lipinski definition) is 1. The van der Waals surface area contributed by atoms with E-state index < -0.39 is 0 Å². The molecule has 7 heteroatoms. The first-order chi connectivity index (χ1) is 14.3. The van der Waals surface area contributed by atoms with Gasteiger partial charge in [-0.1, -0.05) is 6.07 Å². The molecular weight excluding hydrogens is 368 g/mol. The van der Waals surface area contributed by atoms with Crippen molar-refractivity contribution in [3.05, 3.63) is 64.3 Å². The van der Waals surface area contributed by atoms with E-state index in [9.17, 15) is 4.79 Å². The lowest BCUT2D eigenvalue weighted by Gasteiger charge is -2.37. The molecule has 3 aliphatic heterocycles. The van der Waals surface area contributed by atoms with E-state index >= 15 is 0 Å². The van der Waals surface area contributed by atoms with Gasteiger partial charge in [-0.15, -0.1) is 0 Å². The van der Waals surface area contributed by atoms with Gasteiger partial charge in [0.1, 0.15) is 5.82 Å². The highest BCUT2D eigenvalue weighted by Crippen LogP contribution is 2.34. The van der Waals surface area contributed by atoms with Crippen molar-refractivity contribution in [3.8, 4) is 22.9 Å². The van der Waals surface area contributed by atoms with Crippen molar-refractivity contribution in [2.45, 2.75) is 25.4 Å². The maximum absolute atomic E-state index is 13.4. The molecule has 0 unspecified atom stereocenters. The zero-order valence-electron chi connectivity index (χ0n) is 16.0. The largest absolute Gasteiger partial charge is 0.454 e. The van der Waals surface area contributed by atoms with E-state index in [1.807, 2.05) is 39.6 Å². The van der Waals surface area contributed by atoms with Gasteiger partial charge in [0.25, 0.3) is 5.56 Å². The van der Waals surface area contributed by atoms with Crippen molar-refractivity contribution in [2.24, 2.45) is 5.92 Å². The summed E-state index contributed by atoms with van der Waals surface area (Å²) in [6, 6.07) is 9.99. The molecule has 7 nitrogen and oxygen atoms in total. The molecule has 3 aromatic rings. The van der Waals surface area contributed by atoms with Crippen LogP contribution in [0.5, 0.6) is 11.5 Å². The van der Waals surface area contributed by atoms with Crippen LogP contribution in [0.4, 0.5) is 0 Å². The molecule has 2 atom stereocenters. The smallest absolute Gasteiger partial charge is 0.261 e. The number of nitrogens with one attached hydrogen (secondary N) is 1. The third-order valence-electron chi connectivity index (χ3n) is 6.25. The van der Waals surface area contributed by atoms with Crippen LogP contribution in [-0.4, -0.2) is 34.0 Å². The number of aromatic nitrogens is 3. The molecular formula is C22H22N4O3. The van der Waals surface area contributed by atoms with Crippen LogP contribution in [0.3, 0.4) is 0 Å². The molecule has 2 aromatic heterocycles. The Labute approximate surface area is 167 Å². The second-order valence-electron chi connectivity index (χ2n) is 8.11. The van der Waals surface area contributed by atoms with Crippen LogP contribution in [0.25, 0.3) is 11.4 Å². The summed E-state index contributed by atoms with van der Waals surface area (Å²) < 4.78 is 14.9. The number of hydrogen-bond acceptors (Lipinski definition) is 5. The number of benzene rings is 1. The molecule has 0 spiro atoms. The maximum Gasteiger partial charge on any atom is 0.261 e. The molecule has 0 saturated carbocycles. The Morgan fingerprint density at radius 3 is 3.03 bits per heavy atom. The average Bonchev–Trinajstić information content (AvgIpc) is 3.38. The zero-order valence-corrected chi connectivity index (χ0v) is 16.0. The molecule has 6 rings (SSSR count). The Balaban J connectivity index is 1.37. The Bertz CT molecular complexity index is 1150. The lowest BCUT2D eigenvalue weighted by molar-refractivity contribution is 0.174. The highest BCUT2D eigenvalue weighted by molar-refractivity contribution is 5.55. The molecule has 1 aromatic carbocycles. The van der Waals surface area contributed by atoms with Crippen molar-refractivity contribution in [1.29, 1.82) is 0 Å². The maximum atomic E-state index is 13.4. The van der Waals surface area contributed by atoms with Gasteiger partial charge in [-0.2, -0.15) is 0 Å². The van der Waals surface area contributed by atoms with Crippen LogP contribution in [0.1, 0.15) is 23.6 Å². The Morgan fingerprint density at radius 2 is 2.07 bits per heavy atom. The lowest BCUT2D eigenvalue weighted by atomic mass is 9.84. The van der Waals surface area contributed by atoms with Gasteiger partial charge in [-0.3, -0.25) is 4.79 Å². The van der Waals surface area contributed by atoms with Crippen LogP contribution in [0.15, 0.2) is 47.5 Å². The highest BCUT2D eigenvalue weighted by Gasteiger charge is 2.31. The standard InChI is InChI=1S/C22H22N4O3/c27-22-17(2-3-18-16-7-15(9-23-10-16)12-26(18)22)21-24-5-6-25(21)11-14-1-4-19-20(8-14)29-13-28-19/h1-6,8,15-16,23H,7,9-13H2/t15-,16+/m0/s1. The minimum atomic E-state index is 0.0669. The summed E-state index contributed by atoms with van der Waals surface area (Å²) in [6.07, 6.45) is 4.84. The first kappa shape index (κ1) is 16.9. The minimum absolute atomic E-state index is 0.0669. The average molecular weight is 390 g/mol. The van der Waals surface area contributed by atoms with Crippen molar-refractivity contribution >= 4 is 0 Å².